The number of nitrogens with zero attached hydrogens (tertiary/aromatic N) is 1. The number of hydrogen-bond donors (Lipinski definition) is 1. The molecule has 96 valence electrons. The van der Waals surface area contributed by atoms with E-state index in [-0.39, 0.29) is 0 Å². The molecule has 2 unspecified atom stereocenters. The molecule has 0 aliphatic carbocycles. The summed E-state index contributed by atoms with van der Waals surface area (Å²) in [4.78, 5) is 2.65. The van der Waals surface area contributed by atoms with Crippen molar-refractivity contribution in [2.75, 3.05) is 20.1 Å². The van der Waals surface area contributed by atoms with E-state index in [0.717, 1.165) is 12.1 Å². The molecular weight excluding hydrogens is 196 g/mol. The normalized spacial score (nSPS) is 23.8. The third-order valence-corrected chi connectivity index (χ3v) is 3.98. The van der Waals surface area contributed by atoms with Gasteiger partial charge in [-0.1, -0.05) is 39.0 Å². The van der Waals surface area contributed by atoms with Gasteiger partial charge in [-0.3, -0.25) is 4.90 Å². The summed E-state index contributed by atoms with van der Waals surface area (Å²) in [5.41, 5.74) is 0. The van der Waals surface area contributed by atoms with Crippen molar-refractivity contribution in [3.8, 4) is 0 Å². The average Bonchev–Trinajstić information content (AvgIpc) is 2.77. The molecule has 2 heteroatoms. The molecule has 0 spiro atoms. The minimum Gasteiger partial charge on any atom is -0.316 e. The van der Waals surface area contributed by atoms with Crippen molar-refractivity contribution in [2.45, 2.75) is 70.9 Å². The fourth-order valence-electron chi connectivity index (χ4n) is 2.65. The summed E-state index contributed by atoms with van der Waals surface area (Å²) in [6, 6.07) is 1.53. The summed E-state index contributed by atoms with van der Waals surface area (Å²) in [5, 5.41) is 3.39. The van der Waals surface area contributed by atoms with E-state index >= 15 is 0 Å². The summed E-state index contributed by atoms with van der Waals surface area (Å²) in [6.45, 7) is 7.23. The van der Waals surface area contributed by atoms with Gasteiger partial charge in [0.1, 0.15) is 0 Å². The Balaban J connectivity index is 2.04. The number of rotatable bonds is 8. The standard InChI is InChI=1S/C14H30N2/c1-4-5-6-7-8-9-13(2)16-11-10-14(12-16)15-3/h13-15H,4-12H2,1-3H3. The van der Waals surface area contributed by atoms with Crippen LogP contribution < -0.4 is 5.32 Å². The lowest BCUT2D eigenvalue weighted by Gasteiger charge is -2.24. The van der Waals surface area contributed by atoms with Crippen molar-refractivity contribution in [3.05, 3.63) is 0 Å². The maximum atomic E-state index is 3.39. The van der Waals surface area contributed by atoms with Crippen LogP contribution in [0.4, 0.5) is 0 Å². The predicted octanol–water partition coefficient (Wildman–Crippen LogP) is 3.03. The van der Waals surface area contributed by atoms with E-state index in [1.807, 2.05) is 0 Å². The lowest BCUT2D eigenvalue weighted by Crippen LogP contribution is -2.34. The fourth-order valence-corrected chi connectivity index (χ4v) is 2.65. The lowest BCUT2D eigenvalue weighted by atomic mass is 10.1. The van der Waals surface area contributed by atoms with Gasteiger partial charge in [-0.25, -0.2) is 0 Å². The Kier molecular flexibility index (Phi) is 7.06. The fraction of sp³-hybridized carbons (Fsp3) is 1.00. The van der Waals surface area contributed by atoms with E-state index in [1.165, 1.54) is 58.0 Å². The van der Waals surface area contributed by atoms with Gasteiger partial charge in [0.05, 0.1) is 0 Å². The zero-order valence-electron chi connectivity index (χ0n) is 11.5. The molecule has 0 aromatic heterocycles. The Hall–Kier alpha value is -0.0800. The maximum absolute atomic E-state index is 3.39. The van der Waals surface area contributed by atoms with Gasteiger partial charge in [-0.2, -0.15) is 0 Å². The van der Waals surface area contributed by atoms with Crippen LogP contribution in [0.25, 0.3) is 0 Å². The molecule has 1 rings (SSSR count). The molecule has 2 atom stereocenters. The van der Waals surface area contributed by atoms with E-state index in [1.54, 1.807) is 0 Å². The van der Waals surface area contributed by atoms with Gasteiger partial charge < -0.3 is 5.32 Å². The minimum atomic E-state index is 0.738. The van der Waals surface area contributed by atoms with Crippen LogP contribution in [0.1, 0.15) is 58.8 Å². The first-order valence-corrected chi connectivity index (χ1v) is 7.19. The number of hydrogen-bond acceptors (Lipinski definition) is 2. The van der Waals surface area contributed by atoms with Crippen molar-refractivity contribution in [1.29, 1.82) is 0 Å². The van der Waals surface area contributed by atoms with Gasteiger partial charge >= 0.3 is 0 Å². The van der Waals surface area contributed by atoms with Gasteiger partial charge in [0.25, 0.3) is 0 Å². The molecule has 1 heterocycles. The molecule has 1 aliphatic heterocycles. The first kappa shape index (κ1) is 14.0. The van der Waals surface area contributed by atoms with E-state index < -0.39 is 0 Å². The monoisotopic (exact) mass is 226 g/mol. The summed E-state index contributed by atoms with van der Waals surface area (Å²) >= 11 is 0. The van der Waals surface area contributed by atoms with Crippen molar-refractivity contribution >= 4 is 0 Å². The van der Waals surface area contributed by atoms with E-state index in [4.69, 9.17) is 0 Å². The second kappa shape index (κ2) is 8.08. The van der Waals surface area contributed by atoms with Crippen LogP contribution in [-0.4, -0.2) is 37.1 Å². The molecule has 1 N–H and O–H groups in total. The lowest BCUT2D eigenvalue weighted by molar-refractivity contribution is 0.237. The van der Waals surface area contributed by atoms with Crippen molar-refractivity contribution in [2.24, 2.45) is 0 Å². The van der Waals surface area contributed by atoms with Crippen LogP contribution in [-0.2, 0) is 0 Å². The second-order valence-corrected chi connectivity index (χ2v) is 5.32. The van der Waals surface area contributed by atoms with E-state index in [9.17, 15) is 0 Å². The van der Waals surface area contributed by atoms with Crippen LogP contribution in [0.2, 0.25) is 0 Å². The Bertz CT molecular complexity index is 170. The summed E-state index contributed by atoms with van der Waals surface area (Å²) in [6.07, 6.45) is 9.77. The molecule has 1 fully saturated rings. The number of nitrogens with one attached hydrogen (secondary N) is 1. The van der Waals surface area contributed by atoms with Crippen LogP contribution in [0.5, 0.6) is 0 Å². The molecule has 1 saturated heterocycles. The number of unbranched alkanes of at least 4 members (excludes halogenated alkanes) is 4. The average molecular weight is 226 g/mol. The van der Waals surface area contributed by atoms with Crippen molar-refractivity contribution in [3.63, 3.8) is 0 Å². The number of likely N-dealkylation sites (tertiary alicyclic amines) is 1. The minimum absolute atomic E-state index is 0.738. The van der Waals surface area contributed by atoms with Gasteiger partial charge in [-0.05, 0) is 26.8 Å². The van der Waals surface area contributed by atoms with Gasteiger partial charge in [0.15, 0.2) is 0 Å². The Morgan fingerprint density at radius 3 is 2.62 bits per heavy atom. The first-order valence-electron chi connectivity index (χ1n) is 7.19. The number of likely N-dealkylation sites (N-methyl/N-ethyl adjacent to an activating group) is 1. The molecule has 16 heavy (non-hydrogen) atoms. The van der Waals surface area contributed by atoms with Crippen LogP contribution >= 0.6 is 0 Å². The molecule has 0 aromatic rings. The molecule has 0 radical (unpaired) electrons. The summed E-state index contributed by atoms with van der Waals surface area (Å²) in [7, 11) is 2.09. The molecule has 0 bridgehead atoms. The van der Waals surface area contributed by atoms with Crippen LogP contribution in [0.15, 0.2) is 0 Å². The van der Waals surface area contributed by atoms with Crippen molar-refractivity contribution in [1.82, 2.24) is 10.2 Å². The quantitative estimate of drug-likeness (QED) is 0.640. The van der Waals surface area contributed by atoms with Gasteiger partial charge in [-0.15, -0.1) is 0 Å². The van der Waals surface area contributed by atoms with Crippen LogP contribution in [0.3, 0.4) is 0 Å². The highest BCUT2D eigenvalue weighted by atomic mass is 15.2. The molecule has 2 nitrogen and oxygen atoms in total. The summed E-state index contributed by atoms with van der Waals surface area (Å²) < 4.78 is 0. The topological polar surface area (TPSA) is 15.3 Å². The predicted molar refractivity (Wildman–Crippen MR) is 71.9 cm³/mol. The highest BCUT2D eigenvalue weighted by Crippen LogP contribution is 2.17. The largest absolute Gasteiger partial charge is 0.316 e. The highest BCUT2D eigenvalue weighted by Gasteiger charge is 2.24. The molecular formula is C14H30N2. The van der Waals surface area contributed by atoms with Crippen LogP contribution in [0, 0.1) is 0 Å². The zero-order chi connectivity index (χ0) is 11.8. The second-order valence-electron chi connectivity index (χ2n) is 5.32. The Morgan fingerprint density at radius 2 is 2.00 bits per heavy atom. The first-order chi connectivity index (χ1) is 7.77. The SMILES string of the molecule is CCCCCCCC(C)N1CCC(NC)C1. The smallest absolute Gasteiger partial charge is 0.0204 e. The highest BCUT2D eigenvalue weighted by molar-refractivity contribution is 4.82. The van der Waals surface area contributed by atoms with E-state index in [0.29, 0.717) is 0 Å². The van der Waals surface area contributed by atoms with Crippen molar-refractivity contribution < 1.29 is 0 Å². The Labute approximate surface area is 102 Å². The molecule has 0 aromatic carbocycles. The third kappa shape index (κ3) is 4.84. The van der Waals surface area contributed by atoms with E-state index in [2.05, 4.69) is 31.1 Å². The maximum Gasteiger partial charge on any atom is 0.0204 e. The summed E-state index contributed by atoms with van der Waals surface area (Å²) in [5.74, 6) is 0. The van der Waals surface area contributed by atoms with Gasteiger partial charge in [0, 0.05) is 25.2 Å². The van der Waals surface area contributed by atoms with Gasteiger partial charge in [0.2, 0.25) is 0 Å². The molecule has 0 saturated carbocycles. The third-order valence-electron chi connectivity index (χ3n) is 3.98. The molecule has 0 amide bonds. The Morgan fingerprint density at radius 1 is 1.25 bits per heavy atom. The zero-order valence-corrected chi connectivity index (χ0v) is 11.5. The molecule has 1 aliphatic rings.